The molecule has 0 atom stereocenters. The molecule has 1 aliphatic heterocycles. The van der Waals surface area contributed by atoms with E-state index >= 15 is 0 Å². The van der Waals surface area contributed by atoms with Crippen molar-refractivity contribution in [3.63, 3.8) is 0 Å². The lowest BCUT2D eigenvalue weighted by molar-refractivity contribution is -0.103. The molecule has 2 heterocycles. The predicted molar refractivity (Wildman–Crippen MR) is 162 cm³/mol. The van der Waals surface area contributed by atoms with E-state index in [4.69, 9.17) is 0 Å². The summed E-state index contributed by atoms with van der Waals surface area (Å²) in [6.07, 6.45) is 2.29. The number of hydrogen-bond donors (Lipinski definition) is 1. The highest BCUT2D eigenvalue weighted by atomic mass is 19.1. The molecular formula is C35H28FN3O2. The van der Waals surface area contributed by atoms with Crippen LogP contribution in [0.2, 0.25) is 0 Å². The Balaban J connectivity index is 1.37. The summed E-state index contributed by atoms with van der Waals surface area (Å²) in [5.41, 5.74) is 7.15. The fourth-order valence-electron chi connectivity index (χ4n) is 5.35. The number of allylic oxidation sites excluding steroid dienone is 1. The first-order valence-corrected chi connectivity index (χ1v) is 13.4. The standard InChI is InChI=1S/C35H28FN3O2/c1-24-19-39(35(41)27-12-14-29(36)15-13-27)22-28(23-40)34-33(24)31-17-16-30(18-32(31)37-34)38(20-25-8-4-2-5-9-25)21-26-10-6-3-7-11-26/h2-18,22-23,37H,1,19-21H2. The molecule has 0 unspecified atom stereocenters. The lowest BCUT2D eigenvalue weighted by Crippen LogP contribution is -2.27. The molecule has 1 amide bonds. The minimum Gasteiger partial charge on any atom is -0.363 e. The average Bonchev–Trinajstić information content (AvgIpc) is 3.32. The summed E-state index contributed by atoms with van der Waals surface area (Å²) in [5, 5.41) is 0.928. The summed E-state index contributed by atoms with van der Waals surface area (Å²) in [7, 11) is 0. The third kappa shape index (κ3) is 5.32. The van der Waals surface area contributed by atoms with Crippen LogP contribution in [0, 0.1) is 5.82 Å². The molecule has 0 radical (unpaired) electrons. The van der Waals surface area contributed by atoms with Crippen molar-refractivity contribution in [3.05, 3.63) is 150 Å². The number of rotatable bonds is 7. The van der Waals surface area contributed by atoms with Crippen molar-refractivity contribution in [2.24, 2.45) is 0 Å². The zero-order valence-corrected chi connectivity index (χ0v) is 22.4. The number of hydrogen-bond acceptors (Lipinski definition) is 3. The van der Waals surface area contributed by atoms with Crippen LogP contribution in [0.1, 0.15) is 32.7 Å². The van der Waals surface area contributed by atoms with Gasteiger partial charge >= 0.3 is 0 Å². The van der Waals surface area contributed by atoms with Crippen LogP contribution in [-0.4, -0.2) is 28.6 Å². The van der Waals surface area contributed by atoms with Crippen LogP contribution in [-0.2, 0) is 17.9 Å². The molecule has 1 N–H and O–H groups in total. The van der Waals surface area contributed by atoms with Gasteiger partial charge in [0.25, 0.3) is 5.91 Å². The van der Waals surface area contributed by atoms with Crippen molar-refractivity contribution in [1.82, 2.24) is 9.88 Å². The Labute approximate surface area is 237 Å². The van der Waals surface area contributed by atoms with Crippen LogP contribution in [0.4, 0.5) is 10.1 Å². The monoisotopic (exact) mass is 541 g/mol. The number of aldehydes is 1. The highest BCUT2D eigenvalue weighted by Gasteiger charge is 2.26. The van der Waals surface area contributed by atoms with Gasteiger partial charge in [0.2, 0.25) is 0 Å². The SMILES string of the molecule is C=C1CN(C(=O)c2ccc(F)cc2)C=C(C=O)c2[nH]c3cc(N(Cc4ccccc4)Cc4ccccc4)ccc3c21. The molecule has 5 nitrogen and oxygen atoms in total. The first-order valence-electron chi connectivity index (χ1n) is 13.4. The summed E-state index contributed by atoms with van der Waals surface area (Å²) in [5.74, 6) is -0.752. The Morgan fingerprint density at radius 2 is 1.54 bits per heavy atom. The maximum absolute atomic E-state index is 13.4. The van der Waals surface area contributed by atoms with E-state index in [-0.39, 0.29) is 12.5 Å². The number of anilines is 1. The molecular weight excluding hydrogens is 513 g/mol. The molecule has 6 heteroatoms. The summed E-state index contributed by atoms with van der Waals surface area (Å²) in [6.45, 7) is 5.94. The van der Waals surface area contributed by atoms with Crippen LogP contribution in [0.25, 0.3) is 22.0 Å². The maximum atomic E-state index is 13.4. The van der Waals surface area contributed by atoms with E-state index in [9.17, 15) is 14.0 Å². The fraction of sp³-hybridized carbons (Fsp3) is 0.0857. The molecule has 4 aromatic carbocycles. The number of carbonyl (C=O) groups excluding carboxylic acids is 2. The Morgan fingerprint density at radius 1 is 0.902 bits per heavy atom. The first kappa shape index (κ1) is 26.0. The van der Waals surface area contributed by atoms with Crippen molar-refractivity contribution in [1.29, 1.82) is 0 Å². The summed E-state index contributed by atoms with van der Waals surface area (Å²) in [6, 6.07) is 32.3. The summed E-state index contributed by atoms with van der Waals surface area (Å²) >= 11 is 0. The largest absolute Gasteiger partial charge is 0.363 e. The number of nitrogens with zero attached hydrogens (tertiary/aromatic N) is 2. The molecule has 6 rings (SSSR count). The van der Waals surface area contributed by atoms with Crippen molar-refractivity contribution in [2.45, 2.75) is 13.1 Å². The molecule has 0 saturated carbocycles. The van der Waals surface area contributed by atoms with Crippen molar-refractivity contribution < 1.29 is 14.0 Å². The van der Waals surface area contributed by atoms with Crippen LogP contribution in [0.5, 0.6) is 0 Å². The Hall–Kier alpha value is -5.23. The van der Waals surface area contributed by atoms with E-state index < -0.39 is 5.82 Å². The van der Waals surface area contributed by atoms with Crippen LogP contribution in [0.3, 0.4) is 0 Å². The number of benzene rings is 4. The molecule has 1 aromatic heterocycles. The molecule has 0 spiro atoms. The Kier molecular flexibility index (Phi) is 7.04. The van der Waals surface area contributed by atoms with Gasteiger partial charge in [0.1, 0.15) is 5.82 Å². The molecule has 0 aliphatic carbocycles. The number of amides is 1. The molecule has 0 bridgehead atoms. The molecule has 202 valence electrons. The van der Waals surface area contributed by atoms with Gasteiger partial charge in [-0.3, -0.25) is 9.59 Å². The van der Waals surface area contributed by atoms with E-state index in [0.717, 1.165) is 41.5 Å². The number of aromatic nitrogens is 1. The predicted octanol–water partition coefficient (Wildman–Crippen LogP) is 7.22. The number of halogens is 1. The van der Waals surface area contributed by atoms with Crippen molar-refractivity contribution in [2.75, 3.05) is 11.4 Å². The molecule has 41 heavy (non-hydrogen) atoms. The fourth-order valence-corrected chi connectivity index (χ4v) is 5.35. The third-order valence-corrected chi connectivity index (χ3v) is 7.36. The van der Waals surface area contributed by atoms with Gasteiger partial charge in [0.05, 0.1) is 17.8 Å². The molecule has 5 aromatic rings. The smallest absolute Gasteiger partial charge is 0.258 e. The van der Waals surface area contributed by atoms with Crippen molar-refractivity contribution in [3.8, 4) is 0 Å². The number of nitrogens with one attached hydrogen (secondary N) is 1. The highest BCUT2D eigenvalue weighted by Crippen LogP contribution is 2.37. The average molecular weight is 542 g/mol. The second kappa shape index (κ2) is 11.1. The van der Waals surface area contributed by atoms with Gasteiger partial charge in [0.15, 0.2) is 6.29 Å². The number of aromatic amines is 1. The van der Waals surface area contributed by atoms with Gasteiger partial charge in [0, 0.05) is 47.0 Å². The van der Waals surface area contributed by atoms with Gasteiger partial charge in [-0.25, -0.2) is 4.39 Å². The van der Waals surface area contributed by atoms with Crippen LogP contribution < -0.4 is 4.90 Å². The first-order chi connectivity index (χ1) is 20.0. The van der Waals surface area contributed by atoms with Crippen LogP contribution >= 0.6 is 0 Å². The summed E-state index contributed by atoms with van der Waals surface area (Å²) < 4.78 is 13.4. The molecule has 0 saturated heterocycles. The number of fused-ring (bicyclic) bond motifs is 3. The van der Waals surface area contributed by atoms with Gasteiger partial charge in [-0.15, -0.1) is 0 Å². The minimum absolute atomic E-state index is 0.198. The van der Waals surface area contributed by atoms with Gasteiger partial charge in [-0.1, -0.05) is 73.3 Å². The van der Waals surface area contributed by atoms with Crippen LogP contribution in [0.15, 0.2) is 116 Å². The number of H-pyrrole nitrogens is 1. The zero-order valence-electron chi connectivity index (χ0n) is 22.4. The third-order valence-electron chi connectivity index (χ3n) is 7.36. The quantitative estimate of drug-likeness (QED) is 0.221. The summed E-state index contributed by atoms with van der Waals surface area (Å²) in [4.78, 5) is 32.7. The second-order valence-electron chi connectivity index (χ2n) is 10.2. The molecule has 1 aliphatic rings. The van der Waals surface area contributed by atoms with E-state index in [1.54, 1.807) is 6.20 Å². The van der Waals surface area contributed by atoms with Gasteiger partial charge < -0.3 is 14.8 Å². The number of carbonyl (C=O) groups is 2. The van der Waals surface area contributed by atoms with E-state index in [0.29, 0.717) is 22.4 Å². The maximum Gasteiger partial charge on any atom is 0.258 e. The Bertz CT molecular complexity index is 1730. The van der Waals surface area contributed by atoms with Gasteiger partial charge in [-0.05, 0) is 53.1 Å². The highest BCUT2D eigenvalue weighted by molar-refractivity contribution is 6.14. The van der Waals surface area contributed by atoms with E-state index in [1.807, 2.05) is 42.5 Å². The van der Waals surface area contributed by atoms with Gasteiger partial charge in [-0.2, -0.15) is 0 Å². The minimum atomic E-state index is -0.419. The van der Waals surface area contributed by atoms with Crippen molar-refractivity contribution >= 4 is 39.9 Å². The molecule has 0 fully saturated rings. The van der Waals surface area contributed by atoms with E-state index in [1.165, 1.54) is 40.3 Å². The lowest BCUT2D eigenvalue weighted by Gasteiger charge is -2.25. The topological polar surface area (TPSA) is 56.4 Å². The second-order valence-corrected chi connectivity index (χ2v) is 10.2. The lowest BCUT2D eigenvalue weighted by atomic mass is 10.0. The normalized spacial score (nSPS) is 13.0. The van der Waals surface area contributed by atoms with E-state index in [2.05, 4.69) is 52.9 Å². The Morgan fingerprint density at radius 3 is 2.15 bits per heavy atom. The zero-order chi connectivity index (χ0) is 28.3.